The van der Waals surface area contributed by atoms with E-state index in [-0.39, 0.29) is 41.4 Å². The Bertz CT molecular complexity index is 2720. The van der Waals surface area contributed by atoms with Crippen molar-refractivity contribution in [2.45, 2.75) is 56.9 Å². The Hall–Kier alpha value is -5.62. The highest BCUT2D eigenvalue weighted by Gasteiger charge is 2.51. The minimum Gasteiger partial charge on any atom is -0.480 e. The molecule has 10 rings (SSSR count). The molecule has 4 aliphatic heterocycles. The third-order valence-electron chi connectivity index (χ3n) is 13.7. The Morgan fingerprint density at radius 3 is 2.52 bits per heavy atom. The van der Waals surface area contributed by atoms with E-state index in [1.807, 2.05) is 0 Å². The molecule has 19 heteroatoms. The SMILES string of the molecule is C[C@@H]1CN(c2ncc(Cl)c(Nc3ccc4c(c3)c3c(c(=O)n4C)OCC(F)(F)[C@H](C4CC4)N3)n2)CC[C@@H]1CN1CCN(c2c(F)ccc3c(C4CCC(=O)NC4=O)nn(C)c23)CC1. The van der Waals surface area contributed by atoms with Crippen LogP contribution < -0.4 is 36.0 Å². The van der Waals surface area contributed by atoms with Crippen LogP contribution in [-0.2, 0) is 23.7 Å². The molecule has 0 radical (unpaired) electrons. The van der Waals surface area contributed by atoms with Crippen LogP contribution in [0.4, 0.5) is 42.0 Å². The number of amides is 2. The first kappa shape index (κ1) is 41.4. The number of halogens is 4. The third kappa shape index (κ3) is 7.57. The number of aryl methyl sites for hydroxylation is 2. The Labute approximate surface area is 365 Å². The third-order valence-corrected chi connectivity index (χ3v) is 14.0. The highest BCUT2D eigenvalue weighted by molar-refractivity contribution is 6.33. The van der Waals surface area contributed by atoms with Gasteiger partial charge in [0, 0.05) is 82.8 Å². The lowest BCUT2D eigenvalue weighted by Gasteiger charge is -2.42. The number of hydrogen-bond donors (Lipinski definition) is 3. The summed E-state index contributed by atoms with van der Waals surface area (Å²) in [5.74, 6) is -3.35. The lowest BCUT2D eigenvalue weighted by molar-refractivity contribution is -0.134. The number of ether oxygens (including phenoxy) is 1. The van der Waals surface area contributed by atoms with Gasteiger partial charge in [0.15, 0.2) is 12.4 Å². The minimum atomic E-state index is -3.14. The van der Waals surface area contributed by atoms with Gasteiger partial charge in [-0.15, -0.1) is 0 Å². The van der Waals surface area contributed by atoms with Gasteiger partial charge in [-0.2, -0.15) is 10.1 Å². The highest BCUT2D eigenvalue weighted by atomic mass is 35.5. The summed E-state index contributed by atoms with van der Waals surface area (Å²) in [6.07, 6.45) is 4.48. The summed E-state index contributed by atoms with van der Waals surface area (Å²) in [7, 11) is 3.37. The predicted molar refractivity (Wildman–Crippen MR) is 234 cm³/mol. The lowest BCUT2D eigenvalue weighted by Crippen LogP contribution is -2.50. The second kappa shape index (κ2) is 15.9. The van der Waals surface area contributed by atoms with Crippen LogP contribution in [0.2, 0.25) is 5.02 Å². The summed E-state index contributed by atoms with van der Waals surface area (Å²) in [6.45, 7) is 6.56. The number of aromatic nitrogens is 5. The number of piperazine rings is 1. The number of anilines is 5. The average molecular weight is 888 g/mol. The first-order valence-corrected chi connectivity index (χ1v) is 22.1. The van der Waals surface area contributed by atoms with E-state index in [4.69, 9.17) is 21.3 Å². The van der Waals surface area contributed by atoms with Gasteiger partial charge in [-0.25, -0.2) is 18.2 Å². The molecule has 1 unspecified atom stereocenters. The summed E-state index contributed by atoms with van der Waals surface area (Å²) >= 11 is 6.65. The van der Waals surface area contributed by atoms with Crippen LogP contribution in [0.25, 0.3) is 21.8 Å². The molecule has 7 heterocycles. The zero-order valence-electron chi connectivity index (χ0n) is 35.3. The van der Waals surface area contributed by atoms with Gasteiger partial charge in [0.1, 0.15) is 10.8 Å². The molecule has 4 atom stereocenters. The van der Waals surface area contributed by atoms with E-state index in [2.05, 4.69) is 47.7 Å². The predicted octanol–water partition coefficient (Wildman–Crippen LogP) is 5.77. The second-order valence-corrected chi connectivity index (χ2v) is 18.3. The van der Waals surface area contributed by atoms with Gasteiger partial charge in [0.25, 0.3) is 5.56 Å². The number of hydrogen-bond acceptors (Lipinski definition) is 12. The number of carbonyl (C=O) groups is 2. The summed E-state index contributed by atoms with van der Waals surface area (Å²) in [6, 6.07) is 7.34. The molecule has 3 N–H and O–H groups in total. The Kier molecular flexibility index (Phi) is 10.4. The molecule has 1 saturated carbocycles. The van der Waals surface area contributed by atoms with E-state index < -0.39 is 30.0 Å². The molecule has 63 heavy (non-hydrogen) atoms. The molecule has 5 aliphatic rings. The number of imide groups is 1. The van der Waals surface area contributed by atoms with Crippen molar-refractivity contribution in [1.82, 2.24) is 34.5 Å². The number of piperidine rings is 2. The Balaban J connectivity index is 0.797. The first-order valence-electron chi connectivity index (χ1n) is 21.7. The largest absolute Gasteiger partial charge is 0.480 e. The van der Waals surface area contributed by atoms with E-state index in [1.165, 1.54) is 10.6 Å². The smallest absolute Gasteiger partial charge is 0.301 e. The molecule has 3 saturated heterocycles. The van der Waals surface area contributed by atoms with Gasteiger partial charge < -0.3 is 29.7 Å². The highest BCUT2D eigenvalue weighted by Crippen LogP contribution is 2.46. The molecule has 2 aromatic carbocycles. The number of pyridine rings is 1. The van der Waals surface area contributed by atoms with Crippen LogP contribution >= 0.6 is 11.6 Å². The number of nitrogens with one attached hydrogen (secondary N) is 3. The second-order valence-electron chi connectivity index (χ2n) is 17.9. The maximum absolute atomic E-state index is 15.6. The number of carbonyl (C=O) groups excluding carboxylic acids is 2. The molecule has 2 amide bonds. The number of alkyl halides is 2. The van der Waals surface area contributed by atoms with E-state index in [0.717, 1.165) is 44.5 Å². The lowest BCUT2D eigenvalue weighted by atomic mass is 9.86. The van der Waals surface area contributed by atoms with Crippen molar-refractivity contribution in [3.63, 3.8) is 0 Å². The van der Waals surface area contributed by atoms with Crippen LogP contribution in [0.15, 0.2) is 41.3 Å². The van der Waals surface area contributed by atoms with Gasteiger partial charge in [-0.3, -0.25) is 29.3 Å². The van der Waals surface area contributed by atoms with Gasteiger partial charge in [-0.05, 0) is 73.8 Å². The molecule has 0 spiro atoms. The molecule has 15 nitrogen and oxygen atoms in total. The van der Waals surface area contributed by atoms with E-state index in [9.17, 15) is 14.4 Å². The molecular formula is C44H49ClF3N11O4. The monoisotopic (exact) mass is 887 g/mol. The normalized spacial score (nSPS) is 24.2. The molecule has 3 aromatic heterocycles. The van der Waals surface area contributed by atoms with Crippen LogP contribution in [0.3, 0.4) is 0 Å². The minimum absolute atomic E-state index is 0.121. The molecular weight excluding hydrogens is 839 g/mol. The van der Waals surface area contributed by atoms with E-state index in [0.29, 0.717) is 94.5 Å². The van der Waals surface area contributed by atoms with Crippen molar-refractivity contribution < 1.29 is 27.5 Å². The van der Waals surface area contributed by atoms with Crippen LogP contribution in [0, 0.1) is 23.6 Å². The number of fused-ring (bicyclic) bond motifs is 4. The maximum atomic E-state index is 15.6. The fraction of sp³-hybridized carbons (Fsp3) is 0.500. The van der Waals surface area contributed by atoms with E-state index >= 15 is 13.2 Å². The number of rotatable bonds is 8. The zero-order valence-corrected chi connectivity index (χ0v) is 36.0. The van der Waals surface area contributed by atoms with Crippen molar-refractivity contribution in [2.75, 3.05) is 72.9 Å². The maximum Gasteiger partial charge on any atom is 0.301 e. The molecule has 5 aromatic rings. The van der Waals surface area contributed by atoms with Crippen LogP contribution in [0.1, 0.15) is 50.6 Å². The van der Waals surface area contributed by atoms with E-state index in [1.54, 1.807) is 49.2 Å². The summed E-state index contributed by atoms with van der Waals surface area (Å²) in [5, 5.41) is 15.0. The average Bonchev–Trinajstić information content (AvgIpc) is 4.06. The topological polar surface area (TPSA) is 155 Å². The summed E-state index contributed by atoms with van der Waals surface area (Å²) in [4.78, 5) is 53.9. The summed E-state index contributed by atoms with van der Waals surface area (Å²) < 4.78 is 54.6. The van der Waals surface area contributed by atoms with Crippen molar-refractivity contribution in [2.24, 2.45) is 31.8 Å². The van der Waals surface area contributed by atoms with Crippen LogP contribution in [-0.4, -0.2) is 105 Å². The van der Waals surface area contributed by atoms with Gasteiger partial charge >= 0.3 is 5.92 Å². The van der Waals surface area contributed by atoms with Gasteiger partial charge in [0.05, 0.1) is 46.3 Å². The Morgan fingerprint density at radius 2 is 1.78 bits per heavy atom. The zero-order chi connectivity index (χ0) is 43.9. The van der Waals surface area contributed by atoms with Crippen LogP contribution in [0.5, 0.6) is 5.75 Å². The quantitative estimate of drug-likeness (QED) is 0.162. The van der Waals surface area contributed by atoms with Gasteiger partial charge in [-0.1, -0.05) is 18.5 Å². The van der Waals surface area contributed by atoms with Crippen molar-refractivity contribution in [1.29, 1.82) is 0 Å². The van der Waals surface area contributed by atoms with Crippen molar-refractivity contribution >= 4 is 74.0 Å². The fourth-order valence-corrected chi connectivity index (χ4v) is 10.2. The molecule has 1 aliphatic carbocycles. The van der Waals surface area contributed by atoms with Crippen molar-refractivity contribution in [3.05, 3.63) is 63.4 Å². The Morgan fingerprint density at radius 1 is 0.984 bits per heavy atom. The molecule has 4 fully saturated rings. The van der Waals surface area contributed by atoms with Gasteiger partial charge in [0.2, 0.25) is 23.5 Å². The number of benzene rings is 2. The number of nitrogens with zero attached hydrogens (tertiary/aromatic N) is 8. The molecule has 332 valence electrons. The van der Waals surface area contributed by atoms with Crippen molar-refractivity contribution in [3.8, 4) is 5.75 Å². The fourth-order valence-electron chi connectivity index (χ4n) is 10.0. The standard InChI is InChI=1S/C44H49ClF3N11O4/c1-23-20-59(13-12-25(23)21-57-14-16-58(17-15-57)37-31(46)9-7-27-34(54-56(3)36(27)37)28-8-11-33(60)51-41(28)61)43-49-19-30(45)40(53-43)50-26-6-10-32-29(18-26)35-38(42(62)55(32)2)63-22-44(47,48)39(52-35)24-4-5-24/h6-7,9-10,18-19,23-25,28,39,52H,4-5,8,11-17,20-22H2,1-3H3,(H,49,50,53)(H,51,60,61)/t23-,25-,28?,39+/m1/s1. The first-order chi connectivity index (χ1) is 30.2. The summed E-state index contributed by atoms with van der Waals surface area (Å²) in [5.41, 5.74) is 2.63. The molecule has 0 bridgehead atoms.